The number of nitrogens with zero attached hydrogens (tertiary/aromatic N) is 2. The Bertz CT molecular complexity index is 745. The summed E-state index contributed by atoms with van der Waals surface area (Å²) < 4.78 is 5.90. The van der Waals surface area contributed by atoms with Crippen LogP contribution in [0.25, 0.3) is 0 Å². The van der Waals surface area contributed by atoms with Crippen LogP contribution in [0.15, 0.2) is 48.8 Å². The van der Waals surface area contributed by atoms with E-state index in [2.05, 4.69) is 54.9 Å². The van der Waals surface area contributed by atoms with Gasteiger partial charge in [-0.3, -0.25) is 4.79 Å². The fourth-order valence-electron chi connectivity index (χ4n) is 3.32. The van der Waals surface area contributed by atoms with E-state index in [0.717, 1.165) is 18.8 Å². The third kappa shape index (κ3) is 4.79. The second kappa shape index (κ2) is 7.99. The highest BCUT2D eigenvalue weighted by atomic mass is 16.5. The molecule has 0 aliphatic carbocycles. The molecule has 1 N–H and O–H groups in total. The van der Waals surface area contributed by atoms with Gasteiger partial charge in [0.2, 0.25) is 0 Å². The molecule has 0 radical (unpaired) electrons. The zero-order chi connectivity index (χ0) is 19.4. The van der Waals surface area contributed by atoms with E-state index in [1.165, 1.54) is 11.3 Å². The molecule has 0 unspecified atom stereocenters. The van der Waals surface area contributed by atoms with Crippen molar-refractivity contribution in [1.82, 2.24) is 4.90 Å². The molecule has 1 amide bonds. The first-order chi connectivity index (χ1) is 12.8. The molecule has 144 valence electrons. The van der Waals surface area contributed by atoms with Gasteiger partial charge in [0.25, 0.3) is 5.91 Å². The summed E-state index contributed by atoms with van der Waals surface area (Å²) in [5.41, 5.74) is 2.55. The van der Waals surface area contributed by atoms with E-state index in [0.29, 0.717) is 13.1 Å². The average Bonchev–Trinajstić information content (AvgIpc) is 2.68. The van der Waals surface area contributed by atoms with Gasteiger partial charge >= 0.3 is 0 Å². The highest BCUT2D eigenvalue weighted by Crippen LogP contribution is 2.25. The number of aromatic amines is 1. The summed E-state index contributed by atoms with van der Waals surface area (Å²) in [7, 11) is 0. The third-order valence-corrected chi connectivity index (χ3v) is 5.04. The summed E-state index contributed by atoms with van der Waals surface area (Å²) in [6.07, 6.45) is 3.37. The minimum atomic E-state index is -0.483. The SMILES string of the molecule is C[C@H](Oc1ccc(C(C)(C)C)cc1)C(=O)N1CCN(c2cc[nH+]cc2)CC1. The van der Waals surface area contributed by atoms with Gasteiger partial charge in [-0.25, -0.2) is 4.98 Å². The summed E-state index contributed by atoms with van der Waals surface area (Å²) >= 11 is 0. The number of rotatable bonds is 4. The van der Waals surface area contributed by atoms with Gasteiger partial charge in [0, 0.05) is 44.0 Å². The Kier molecular flexibility index (Phi) is 5.68. The molecule has 3 rings (SSSR count). The molecule has 2 heterocycles. The largest absolute Gasteiger partial charge is 0.481 e. The molecule has 1 aromatic carbocycles. The molecule has 0 saturated carbocycles. The van der Waals surface area contributed by atoms with Crippen molar-refractivity contribution >= 4 is 11.6 Å². The molecule has 2 aromatic rings. The number of anilines is 1. The Morgan fingerprint density at radius 1 is 1.00 bits per heavy atom. The van der Waals surface area contributed by atoms with Crippen molar-refractivity contribution in [2.24, 2.45) is 0 Å². The number of aromatic nitrogens is 1. The number of hydrogen-bond donors (Lipinski definition) is 0. The monoisotopic (exact) mass is 368 g/mol. The molecular formula is C22H30N3O2+. The number of piperazine rings is 1. The zero-order valence-electron chi connectivity index (χ0n) is 16.7. The first kappa shape index (κ1) is 19.2. The van der Waals surface area contributed by atoms with Crippen molar-refractivity contribution in [3.05, 3.63) is 54.4 Å². The molecule has 5 nitrogen and oxygen atoms in total. The molecule has 1 aromatic heterocycles. The minimum Gasteiger partial charge on any atom is -0.481 e. The maximum Gasteiger partial charge on any atom is 0.263 e. The molecule has 5 heteroatoms. The van der Waals surface area contributed by atoms with Crippen LogP contribution in [0.4, 0.5) is 5.69 Å². The molecule has 1 aliphatic heterocycles. The number of nitrogens with one attached hydrogen (secondary N) is 1. The van der Waals surface area contributed by atoms with E-state index in [-0.39, 0.29) is 11.3 Å². The Hall–Kier alpha value is -2.56. The normalized spacial score (nSPS) is 16.1. The molecule has 0 spiro atoms. The summed E-state index contributed by atoms with van der Waals surface area (Å²) in [6, 6.07) is 12.2. The van der Waals surface area contributed by atoms with Gasteiger partial charge in [0.1, 0.15) is 5.75 Å². The van der Waals surface area contributed by atoms with Crippen LogP contribution < -0.4 is 14.6 Å². The van der Waals surface area contributed by atoms with Crippen LogP contribution >= 0.6 is 0 Å². The predicted molar refractivity (Wildman–Crippen MR) is 107 cm³/mol. The van der Waals surface area contributed by atoms with Gasteiger partial charge in [-0.05, 0) is 30.0 Å². The number of benzene rings is 1. The lowest BCUT2D eigenvalue weighted by Crippen LogP contribution is -2.52. The Balaban J connectivity index is 1.54. The van der Waals surface area contributed by atoms with Crippen LogP contribution in [0.2, 0.25) is 0 Å². The van der Waals surface area contributed by atoms with Crippen molar-refractivity contribution in [2.75, 3.05) is 31.1 Å². The smallest absolute Gasteiger partial charge is 0.263 e. The van der Waals surface area contributed by atoms with E-state index < -0.39 is 6.10 Å². The minimum absolute atomic E-state index is 0.0518. The van der Waals surface area contributed by atoms with Gasteiger partial charge in [0.15, 0.2) is 18.5 Å². The van der Waals surface area contributed by atoms with Gasteiger partial charge in [-0.15, -0.1) is 0 Å². The van der Waals surface area contributed by atoms with Gasteiger partial charge in [-0.2, -0.15) is 0 Å². The van der Waals surface area contributed by atoms with Crippen LogP contribution in [-0.4, -0.2) is 43.1 Å². The van der Waals surface area contributed by atoms with Crippen molar-refractivity contribution in [1.29, 1.82) is 0 Å². The van der Waals surface area contributed by atoms with Crippen molar-refractivity contribution in [3.63, 3.8) is 0 Å². The molecule has 1 saturated heterocycles. The van der Waals surface area contributed by atoms with Gasteiger partial charge in [-0.1, -0.05) is 32.9 Å². The first-order valence-electron chi connectivity index (χ1n) is 9.61. The maximum absolute atomic E-state index is 12.7. The Morgan fingerprint density at radius 3 is 2.15 bits per heavy atom. The number of H-pyrrole nitrogens is 1. The van der Waals surface area contributed by atoms with E-state index in [4.69, 9.17) is 4.74 Å². The maximum atomic E-state index is 12.7. The van der Waals surface area contributed by atoms with Crippen LogP contribution in [0, 0.1) is 0 Å². The quantitative estimate of drug-likeness (QED) is 0.834. The molecular weight excluding hydrogens is 338 g/mol. The predicted octanol–water partition coefficient (Wildman–Crippen LogP) is 2.91. The second-order valence-corrected chi connectivity index (χ2v) is 8.10. The lowest BCUT2D eigenvalue weighted by molar-refractivity contribution is -0.377. The van der Waals surface area contributed by atoms with Crippen LogP contribution in [0.3, 0.4) is 0 Å². The number of carbonyl (C=O) groups excluding carboxylic acids is 1. The van der Waals surface area contributed by atoms with Crippen molar-refractivity contribution < 1.29 is 14.5 Å². The zero-order valence-corrected chi connectivity index (χ0v) is 16.7. The fourth-order valence-corrected chi connectivity index (χ4v) is 3.32. The topological polar surface area (TPSA) is 46.9 Å². The Morgan fingerprint density at radius 2 is 1.59 bits per heavy atom. The van der Waals surface area contributed by atoms with E-state index in [1.54, 1.807) is 0 Å². The van der Waals surface area contributed by atoms with E-state index >= 15 is 0 Å². The van der Waals surface area contributed by atoms with Crippen molar-refractivity contribution in [2.45, 2.75) is 39.2 Å². The molecule has 27 heavy (non-hydrogen) atoms. The van der Waals surface area contributed by atoms with Gasteiger partial charge < -0.3 is 14.5 Å². The molecule has 0 bridgehead atoms. The summed E-state index contributed by atoms with van der Waals surface area (Å²) in [5.74, 6) is 0.791. The average molecular weight is 369 g/mol. The fraction of sp³-hybridized carbons (Fsp3) is 0.455. The lowest BCUT2D eigenvalue weighted by Gasteiger charge is -2.36. The number of ether oxygens (including phenoxy) is 1. The highest BCUT2D eigenvalue weighted by molar-refractivity contribution is 5.81. The van der Waals surface area contributed by atoms with Gasteiger partial charge in [0.05, 0.1) is 0 Å². The van der Waals surface area contributed by atoms with E-state index in [9.17, 15) is 4.79 Å². The summed E-state index contributed by atoms with van der Waals surface area (Å²) in [4.78, 5) is 20.0. The second-order valence-electron chi connectivity index (χ2n) is 8.10. The van der Waals surface area contributed by atoms with Crippen molar-refractivity contribution in [3.8, 4) is 5.75 Å². The Labute approximate surface area is 162 Å². The standard InChI is InChI=1S/C22H29N3O2/c1-17(27-20-7-5-18(6-8-20)22(2,3)4)21(26)25-15-13-24(14-16-25)19-9-11-23-12-10-19/h5-12,17H,13-16H2,1-4H3/p+1/t17-/m0/s1. The first-order valence-corrected chi connectivity index (χ1v) is 9.61. The number of carbonyl (C=O) groups is 1. The molecule has 1 fully saturated rings. The van der Waals surface area contributed by atoms with Crippen LogP contribution in [0.5, 0.6) is 5.75 Å². The molecule has 1 aliphatic rings. The number of amides is 1. The van der Waals surface area contributed by atoms with Crippen LogP contribution in [0.1, 0.15) is 33.3 Å². The third-order valence-electron chi connectivity index (χ3n) is 5.04. The number of pyridine rings is 1. The van der Waals surface area contributed by atoms with Crippen LogP contribution in [-0.2, 0) is 10.2 Å². The highest BCUT2D eigenvalue weighted by Gasteiger charge is 2.26. The van der Waals surface area contributed by atoms with E-state index in [1.807, 2.05) is 36.4 Å². The lowest BCUT2D eigenvalue weighted by atomic mass is 9.87. The number of hydrogen-bond acceptors (Lipinski definition) is 3. The summed E-state index contributed by atoms with van der Waals surface area (Å²) in [6.45, 7) is 11.5. The molecule has 1 atom stereocenters. The summed E-state index contributed by atoms with van der Waals surface area (Å²) in [5, 5.41) is 0.